The van der Waals surface area contributed by atoms with Gasteiger partial charge in [0.25, 0.3) is 5.78 Å². The predicted molar refractivity (Wildman–Crippen MR) is 159 cm³/mol. The van der Waals surface area contributed by atoms with Crippen LogP contribution in [0.2, 0.25) is 0 Å². The zero-order chi connectivity index (χ0) is 30.1. The number of imidazole rings is 1. The second-order valence-electron chi connectivity index (χ2n) is 11.3. The molecule has 1 fully saturated rings. The monoisotopic (exact) mass is 583 g/mol. The Morgan fingerprint density at radius 1 is 1.07 bits per heavy atom. The molecule has 4 aromatic heterocycles. The van der Waals surface area contributed by atoms with Gasteiger partial charge < -0.3 is 20.6 Å². The minimum absolute atomic E-state index is 0.176. The first-order chi connectivity index (χ1) is 20.5. The van der Waals surface area contributed by atoms with E-state index in [2.05, 4.69) is 23.2 Å². The molecule has 5 aromatic rings. The zero-order valence-corrected chi connectivity index (χ0v) is 23.3. The highest BCUT2D eigenvalue weighted by Crippen LogP contribution is 2.41. The van der Waals surface area contributed by atoms with E-state index < -0.39 is 17.5 Å². The average molecular weight is 584 g/mol. The summed E-state index contributed by atoms with van der Waals surface area (Å²) < 4.78 is 44.2. The van der Waals surface area contributed by atoms with Crippen molar-refractivity contribution in [2.24, 2.45) is 12.8 Å². The van der Waals surface area contributed by atoms with Crippen LogP contribution in [0.15, 0.2) is 78.7 Å². The van der Waals surface area contributed by atoms with Gasteiger partial charge in [-0.1, -0.05) is 30.4 Å². The van der Waals surface area contributed by atoms with Crippen LogP contribution in [0.3, 0.4) is 0 Å². The van der Waals surface area contributed by atoms with E-state index in [0.29, 0.717) is 51.6 Å². The Balaban J connectivity index is 1.42. The van der Waals surface area contributed by atoms with Gasteiger partial charge in [-0.3, -0.25) is 4.79 Å². The number of pyridine rings is 2. The van der Waals surface area contributed by atoms with Crippen molar-refractivity contribution >= 4 is 33.7 Å². The Kier molecular flexibility index (Phi) is 6.07. The Morgan fingerprint density at radius 3 is 2.53 bits per heavy atom. The van der Waals surface area contributed by atoms with Gasteiger partial charge in [-0.15, -0.1) is 0 Å². The Labute approximate surface area is 244 Å². The summed E-state index contributed by atoms with van der Waals surface area (Å²) in [5, 5.41) is 0.195. The van der Waals surface area contributed by atoms with Crippen LogP contribution in [0.25, 0.3) is 44.7 Å². The minimum atomic E-state index is -5.02. The molecule has 218 valence electrons. The first kappa shape index (κ1) is 27.1. The third-order valence-electron chi connectivity index (χ3n) is 8.64. The lowest BCUT2D eigenvalue weighted by Crippen LogP contribution is -2.48. The molecule has 0 saturated heterocycles. The molecule has 4 N–H and O–H groups in total. The summed E-state index contributed by atoms with van der Waals surface area (Å²) in [7, 11) is 1.61. The standard InChI is InChI=1S/C32H28F3N7O/c1-41-17-22(27(43)32(33,34)35)26-20(5-2-7-25(26)41)23-12-13-24-30(39-23)42(29(40-24)21-6-3-16-38-28(21)36)19-10-8-18(9-11-19)31(37)14-4-15-31/h2-3,5-10,12-13,16-17,19H,4,11,14-15,37H2,1H3,(H2,36,38). The minimum Gasteiger partial charge on any atom is -0.383 e. The number of Topliss-reactive ketones (excluding diaryl/α,β-unsaturated/α-hetero) is 1. The van der Waals surface area contributed by atoms with Crippen molar-refractivity contribution < 1.29 is 18.0 Å². The summed E-state index contributed by atoms with van der Waals surface area (Å²) in [5.74, 6) is -1.01. The number of aryl methyl sites for hydroxylation is 1. The van der Waals surface area contributed by atoms with Gasteiger partial charge in [0.15, 0.2) is 5.65 Å². The maximum absolute atomic E-state index is 13.6. The molecule has 43 heavy (non-hydrogen) atoms. The Bertz CT molecular complexity index is 2000. The highest BCUT2D eigenvalue weighted by molar-refractivity contribution is 6.14. The summed E-state index contributed by atoms with van der Waals surface area (Å²) in [4.78, 5) is 26.6. The van der Waals surface area contributed by atoms with Crippen LogP contribution in [0.5, 0.6) is 0 Å². The summed E-state index contributed by atoms with van der Waals surface area (Å²) in [6.07, 6.45) is 7.79. The van der Waals surface area contributed by atoms with Gasteiger partial charge in [-0.2, -0.15) is 13.2 Å². The number of nitrogens with two attached hydrogens (primary N) is 2. The van der Waals surface area contributed by atoms with Crippen LogP contribution in [-0.2, 0) is 7.05 Å². The van der Waals surface area contributed by atoms with Crippen molar-refractivity contribution in [3.05, 3.63) is 84.2 Å². The van der Waals surface area contributed by atoms with E-state index in [1.807, 2.05) is 10.6 Å². The van der Waals surface area contributed by atoms with Gasteiger partial charge in [0.05, 0.1) is 22.9 Å². The molecule has 2 aliphatic rings. The third-order valence-corrected chi connectivity index (χ3v) is 8.64. The number of alkyl halides is 3. The van der Waals surface area contributed by atoms with Crippen LogP contribution < -0.4 is 11.5 Å². The Hall–Kier alpha value is -4.77. The third kappa shape index (κ3) is 4.34. The quantitative estimate of drug-likeness (QED) is 0.235. The number of anilines is 1. The van der Waals surface area contributed by atoms with Crippen molar-refractivity contribution in [2.75, 3.05) is 5.73 Å². The molecule has 2 aliphatic carbocycles. The largest absolute Gasteiger partial charge is 0.454 e. The molecule has 8 nitrogen and oxygen atoms in total. The number of carbonyl (C=O) groups excluding carboxylic acids is 1. The molecule has 0 amide bonds. The van der Waals surface area contributed by atoms with E-state index in [9.17, 15) is 18.0 Å². The van der Waals surface area contributed by atoms with Crippen LogP contribution >= 0.6 is 0 Å². The van der Waals surface area contributed by atoms with E-state index >= 15 is 0 Å². The van der Waals surface area contributed by atoms with E-state index in [0.717, 1.165) is 24.8 Å². The number of halogens is 3. The maximum atomic E-state index is 13.6. The molecule has 4 heterocycles. The first-order valence-electron chi connectivity index (χ1n) is 14.0. The molecule has 1 unspecified atom stereocenters. The first-order valence-corrected chi connectivity index (χ1v) is 14.0. The lowest BCUT2D eigenvalue weighted by Gasteiger charge is -2.40. The molecule has 0 aliphatic heterocycles. The van der Waals surface area contributed by atoms with Crippen LogP contribution in [-0.4, -0.2) is 41.6 Å². The number of benzene rings is 1. The van der Waals surface area contributed by atoms with E-state index in [1.54, 1.807) is 49.6 Å². The molecule has 0 spiro atoms. The fraction of sp³-hybridized carbons (Fsp3) is 0.250. The lowest BCUT2D eigenvalue weighted by molar-refractivity contribution is -0.0884. The van der Waals surface area contributed by atoms with Gasteiger partial charge in [0.2, 0.25) is 0 Å². The number of ketones is 1. The number of aromatic nitrogens is 5. The maximum Gasteiger partial charge on any atom is 0.454 e. The van der Waals surface area contributed by atoms with E-state index in [-0.39, 0.29) is 17.0 Å². The number of hydrogen-bond donors (Lipinski definition) is 2. The molecule has 1 atom stereocenters. The summed E-state index contributed by atoms with van der Waals surface area (Å²) in [6.45, 7) is 0. The molecule has 0 radical (unpaired) electrons. The number of carbonyl (C=O) groups is 1. The molecule has 11 heteroatoms. The second kappa shape index (κ2) is 9.63. The van der Waals surface area contributed by atoms with Crippen molar-refractivity contribution in [2.45, 2.75) is 43.4 Å². The summed E-state index contributed by atoms with van der Waals surface area (Å²) in [5.41, 5.74) is 16.4. The van der Waals surface area contributed by atoms with E-state index in [1.165, 1.54) is 10.8 Å². The van der Waals surface area contributed by atoms with Crippen LogP contribution in [0.4, 0.5) is 19.0 Å². The van der Waals surface area contributed by atoms with Gasteiger partial charge in [0, 0.05) is 41.4 Å². The molecule has 1 aromatic carbocycles. The van der Waals surface area contributed by atoms with Crippen LogP contribution in [0, 0.1) is 0 Å². The Morgan fingerprint density at radius 2 is 1.86 bits per heavy atom. The number of hydrogen-bond acceptors (Lipinski definition) is 6. The van der Waals surface area contributed by atoms with Crippen molar-refractivity contribution in [3.8, 4) is 22.6 Å². The van der Waals surface area contributed by atoms with Crippen molar-refractivity contribution in [1.29, 1.82) is 0 Å². The number of allylic oxidation sites excluding steroid dienone is 2. The smallest absolute Gasteiger partial charge is 0.383 e. The molecular weight excluding hydrogens is 555 g/mol. The highest BCUT2D eigenvalue weighted by atomic mass is 19.4. The zero-order valence-electron chi connectivity index (χ0n) is 23.3. The number of fused-ring (bicyclic) bond motifs is 2. The van der Waals surface area contributed by atoms with Crippen molar-refractivity contribution in [3.63, 3.8) is 0 Å². The molecule has 7 rings (SSSR count). The topological polar surface area (TPSA) is 118 Å². The molecule has 1 saturated carbocycles. The predicted octanol–water partition coefficient (Wildman–Crippen LogP) is 6.29. The second-order valence-corrected chi connectivity index (χ2v) is 11.3. The van der Waals surface area contributed by atoms with E-state index in [4.69, 9.17) is 21.4 Å². The molecule has 0 bridgehead atoms. The molecular formula is C32H28F3N7O. The fourth-order valence-electron chi connectivity index (χ4n) is 6.23. The van der Waals surface area contributed by atoms with Crippen LogP contribution in [0.1, 0.15) is 42.1 Å². The summed E-state index contributed by atoms with van der Waals surface area (Å²) >= 11 is 0. The normalized spacial score (nSPS) is 18.2. The number of nitrogens with zero attached hydrogens (tertiary/aromatic N) is 5. The van der Waals surface area contributed by atoms with Gasteiger partial charge in [-0.05, 0) is 61.6 Å². The van der Waals surface area contributed by atoms with Gasteiger partial charge in [0.1, 0.15) is 17.2 Å². The van der Waals surface area contributed by atoms with Crippen molar-refractivity contribution in [1.82, 2.24) is 24.1 Å². The van der Waals surface area contributed by atoms with Gasteiger partial charge in [-0.25, -0.2) is 15.0 Å². The average Bonchev–Trinajstić information content (AvgIpc) is 3.52. The fourth-order valence-corrected chi connectivity index (χ4v) is 6.23. The summed E-state index contributed by atoms with van der Waals surface area (Å²) in [6, 6.07) is 12.1. The number of nitrogen functional groups attached to an aromatic ring is 1. The SMILES string of the molecule is Cn1cc(C(=O)C(F)(F)F)c2c(-c3ccc4nc(-c5cccnc5N)n(C5C=CC(C6(N)CCC6)=CC5)c4n3)cccc21. The highest BCUT2D eigenvalue weighted by Gasteiger charge is 2.41. The lowest BCUT2D eigenvalue weighted by atomic mass is 9.71. The van der Waals surface area contributed by atoms with Gasteiger partial charge >= 0.3 is 6.18 Å². The number of rotatable bonds is 5.